The van der Waals surface area contributed by atoms with Crippen LogP contribution in [0, 0.1) is 0 Å². The Morgan fingerprint density at radius 2 is 2.11 bits per heavy atom. The third-order valence-electron chi connectivity index (χ3n) is 3.01. The molecule has 1 aliphatic rings. The number of hydrogen-bond acceptors (Lipinski definition) is 3. The van der Waals surface area contributed by atoms with Gasteiger partial charge in [-0.3, -0.25) is 4.79 Å². The van der Waals surface area contributed by atoms with Crippen molar-refractivity contribution in [3.63, 3.8) is 0 Å². The van der Waals surface area contributed by atoms with Gasteiger partial charge in [-0.2, -0.15) is 0 Å². The second-order valence-electron chi connectivity index (χ2n) is 5.75. The summed E-state index contributed by atoms with van der Waals surface area (Å²) in [6, 6.07) is 8.39. The molecule has 3 nitrogen and oxygen atoms in total. The topological polar surface area (TPSA) is 38.3 Å². The third-order valence-corrected chi connectivity index (χ3v) is 3.01. The third kappa shape index (κ3) is 3.33. The molecule has 0 saturated heterocycles. The van der Waals surface area contributed by atoms with Crippen LogP contribution in [0.5, 0.6) is 0 Å². The monoisotopic (exact) mass is 247 g/mol. The second-order valence-corrected chi connectivity index (χ2v) is 5.75. The lowest BCUT2D eigenvalue weighted by atomic mass is 9.92. The van der Waals surface area contributed by atoms with Gasteiger partial charge in [0.15, 0.2) is 0 Å². The molecule has 0 fully saturated rings. The fraction of sp³-hybridized carbons (Fsp3) is 0.533. The van der Waals surface area contributed by atoms with Crippen LogP contribution in [0.15, 0.2) is 24.3 Å². The maximum absolute atomic E-state index is 11.9. The van der Waals surface area contributed by atoms with E-state index in [-0.39, 0.29) is 12.0 Å². The number of rotatable bonds is 2. The Bertz CT molecular complexity index is 434. The zero-order valence-electron chi connectivity index (χ0n) is 11.3. The van der Waals surface area contributed by atoms with Gasteiger partial charge in [-0.05, 0) is 44.9 Å². The normalized spacial score (nSPS) is 19.2. The maximum atomic E-state index is 11.9. The van der Waals surface area contributed by atoms with Crippen molar-refractivity contribution in [3.8, 4) is 0 Å². The summed E-state index contributed by atoms with van der Waals surface area (Å²) in [6.45, 7) is 6.61. The Labute approximate surface area is 109 Å². The number of esters is 1. The number of carbonyl (C=O) groups is 1. The first-order valence-corrected chi connectivity index (χ1v) is 6.49. The molecule has 18 heavy (non-hydrogen) atoms. The van der Waals surface area contributed by atoms with Crippen LogP contribution in [0.4, 0.5) is 0 Å². The number of ether oxygens (including phenoxy) is 1. The van der Waals surface area contributed by atoms with Crippen LogP contribution in [0.3, 0.4) is 0 Å². The van der Waals surface area contributed by atoms with E-state index in [0.29, 0.717) is 6.42 Å². The predicted octanol–water partition coefficient (Wildman–Crippen LogP) is 2.61. The van der Waals surface area contributed by atoms with Gasteiger partial charge in [0, 0.05) is 6.04 Å². The summed E-state index contributed by atoms with van der Waals surface area (Å²) < 4.78 is 5.38. The molecule has 0 amide bonds. The quantitative estimate of drug-likeness (QED) is 0.816. The largest absolute Gasteiger partial charge is 0.460 e. The van der Waals surface area contributed by atoms with Gasteiger partial charge in [0.1, 0.15) is 5.60 Å². The molecule has 0 aromatic heterocycles. The number of carbonyl (C=O) groups excluding carboxylic acids is 1. The Morgan fingerprint density at radius 1 is 1.39 bits per heavy atom. The molecule has 1 aromatic rings. The van der Waals surface area contributed by atoms with E-state index in [1.165, 1.54) is 11.1 Å². The van der Waals surface area contributed by atoms with Gasteiger partial charge in [0.05, 0.1) is 6.42 Å². The zero-order chi connectivity index (χ0) is 13.2. The van der Waals surface area contributed by atoms with Gasteiger partial charge in [-0.1, -0.05) is 24.3 Å². The van der Waals surface area contributed by atoms with Gasteiger partial charge >= 0.3 is 5.97 Å². The van der Waals surface area contributed by atoms with Crippen LogP contribution in [0.2, 0.25) is 0 Å². The molecule has 2 rings (SSSR count). The first kappa shape index (κ1) is 13.1. The van der Waals surface area contributed by atoms with Crippen LogP contribution in [0.1, 0.15) is 44.4 Å². The van der Waals surface area contributed by atoms with Crippen molar-refractivity contribution < 1.29 is 9.53 Å². The number of benzene rings is 1. The van der Waals surface area contributed by atoms with Crippen molar-refractivity contribution in [3.05, 3.63) is 35.4 Å². The van der Waals surface area contributed by atoms with Crippen molar-refractivity contribution in [1.29, 1.82) is 0 Å². The highest BCUT2D eigenvalue weighted by Crippen LogP contribution is 2.26. The Morgan fingerprint density at radius 3 is 2.83 bits per heavy atom. The standard InChI is InChI=1S/C15H21NO2/c1-15(2,3)18-14(17)10-13-12-7-5-4-6-11(12)8-9-16-13/h4-7,13,16H,8-10H2,1-3H3/t13-/m0/s1. The van der Waals surface area contributed by atoms with Crippen LogP contribution >= 0.6 is 0 Å². The second kappa shape index (κ2) is 5.11. The lowest BCUT2D eigenvalue weighted by Crippen LogP contribution is -2.33. The molecular formula is C15H21NO2. The smallest absolute Gasteiger partial charge is 0.308 e. The van der Waals surface area contributed by atoms with Crippen LogP contribution in [-0.4, -0.2) is 18.1 Å². The Hall–Kier alpha value is -1.35. The van der Waals surface area contributed by atoms with E-state index in [1.54, 1.807) is 0 Å². The van der Waals surface area contributed by atoms with E-state index < -0.39 is 5.60 Å². The van der Waals surface area contributed by atoms with Gasteiger partial charge < -0.3 is 10.1 Å². The lowest BCUT2D eigenvalue weighted by molar-refractivity contribution is -0.155. The summed E-state index contributed by atoms with van der Waals surface area (Å²) in [7, 11) is 0. The summed E-state index contributed by atoms with van der Waals surface area (Å²) in [5.74, 6) is -0.142. The van der Waals surface area contributed by atoms with Gasteiger partial charge in [0.2, 0.25) is 0 Å². The SMILES string of the molecule is CC(C)(C)OC(=O)C[C@@H]1NCCc2ccccc21. The van der Waals surface area contributed by atoms with Crippen molar-refractivity contribution in [2.45, 2.75) is 45.3 Å². The minimum absolute atomic E-state index is 0.0878. The molecule has 1 N–H and O–H groups in total. The highest BCUT2D eigenvalue weighted by Gasteiger charge is 2.24. The van der Waals surface area contributed by atoms with E-state index in [9.17, 15) is 4.79 Å². The molecule has 3 heteroatoms. The van der Waals surface area contributed by atoms with Gasteiger partial charge in [-0.15, -0.1) is 0 Å². The molecule has 1 aromatic carbocycles. The summed E-state index contributed by atoms with van der Waals surface area (Å²) >= 11 is 0. The Balaban J connectivity index is 2.05. The summed E-state index contributed by atoms with van der Waals surface area (Å²) in [5.41, 5.74) is 2.16. The van der Waals surface area contributed by atoms with E-state index in [1.807, 2.05) is 26.8 Å². The highest BCUT2D eigenvalue weighted by atomic mass is 16.6. The summed E-state index contributed by atoms with van der Waals surface area (Å²) in [4.78, 5) is 11.9. The molecule has 0 aliphatic carbocycles. The molecule has 1 aliphatic heterocycles. The zero-order valence-corrected chi connectivity index (χ0v) is 11.3. The van der Waals surface area contributed by atoms with Crippen molar-refractivity contribution in [2.24, 2.45) is 0 Å². The van der Waals surface area contributed by atoms with E-state index >= 15 is 0 Å². The van der Waals surface area contributed by atoms with Crippen molar-refractivity contribution >= 4 is 5.97 Å². The molecular weight excluding hydrogens is 226 g/mol. The summed E-state index contributed by atoms with van der Waals surface area (Å²) in [6.07, 6.45) is 1.43. The van der Waals surface area contributed by atoms with Crippen LogP contribution in [0.25, 0.3) is 0 Å². The van der Waals surface area contributed by atoms with Crippen LogP contribution < -0.4 is 5.32 Å². The summed E-state index contributed by atoms with van der Waals surface area (Å²) in [5, 5.41) is 3.39. The first-order valence-electron chi connectivity index (χ1n) is 6.49. The van der Waals surface area contributed by atoms with Gasteiger partial charge in [0.25, 0.3) is 0 Å². The van der Waals surface area contributed by atoms with Crippen LogP contribution in [-0.2, 0) is 16.0 Å². The predicted molar refractivity (Wildman–Crippen MR) is 71.4 cm³/mol. The van der Waals surface area contributed by atoms with Gasteiger partial charge in [-0.25, -0.2) is 0 Å². The molecule has 0 spiro atoms. The minimum Gasteiger partial charge on any atom is -0.460 e. The number of nitrogens with one attached hydrogen (secondary N) is 1. The first-order chi connectivity index (χ1) is 8.46. The van der Waals surface area contributed by atoms with E-state index in [0.717, 1.165) is 13.0 Å². The molecule has 0 radical (unpaired) electrons. The minimum atomic E-state index is -0.411. The maximum Gasteiger partial charge on any atom is 0.308 e. The molecule has 0 saturated carbocycles. The Kier molecular flexibility index (Phi) is 3.71. The fourth-order valence-electron chi connectivity index (χ4n) is 2.32. The molecule has 1 heterocycles. The molecule has 98 valence electrons. The number of fused-ring (bicyclic) bond motifs is 1. The van der Waals surface area contributed by atoms with Crippen molar-refractivity contribution in [2.75, 3.05) is 6.54 Å². The fourth-order valence-corrected chi connectivity index (χ4v) is 2.32. The molecule has 1 atom stereocenters. The highest BCUT2D eigenvalue weighted by molar-refractivity contribution is 5.71. The molecule has 0 bridgehead atoms. The van der Waals surface area contributed by atoms with E-state index in [4.69, 9.17) is 4.74 Å². The average Bonchev–Trinajstić information content (AvgIpc) is 2.27. The van der Waals surface area contributed by atoms with Crippen molar-refractivity contribution in [1.82, 2.24) is 5.32 Å². The average molecular weight is 247 g/mol. The lowest BCUT2D eigenvalue weighted by Gasteiger charge is -2.27. The van der Waals surface area contributed by atoms with E-state index in [2.05, 4.69) is 23.5 Å². The number of hydrogen-bond donors (Lipinski definition) is 1. The molecule has 0 unspecified atom stereocenters.